The third-order valence-electron chi connectivity index (χ3n) is 5.60. The lowest BCUT2D eigenvalue weighted by atomic mass is 10.2. The maximum absolute atomic E-state index is 13.6. The molecule has 202 valence electrons. The monoisotopic (exact) mass is 539 g/mol. The molecule has 0 atom stereocenters. The van der Waals surface area contributed by atoms with Crippen LogP contribution in [-0.2, 0) is 14.8 Å². The van der Waals surface area contributed by atoms with E-state index in [9.17, 15) is 13.2 Å². The Labute approximate surface area is 224 Å². The molecule has 0 bridgehead atoms. The Kier molecular flexibility index (Phi) is 10.1. The van der Waals surface area contributed by atoms with Crippen molar-refractivity contribution in [3.05, 3.63) is 77.9 Å². The Bertz CT molecular complexity index is 1340. The number of hydrazone groups is 1. The van der Waals surface area contributed by atoms with Crippen LogP contribution in [0.15, 0.2) is 76.7 Å². The summed E-state index contributed by atoms with van der Waals surface area (Å²) in [4.78, 5) is 12.9. The van der Waals surface area contributed by atoms with E-state index in [1.54, 1.807) is 24.3 Å². The zero-order valence-electron chi connectivity index (χ0n) is 22.0. The topological polar surface area (TPSA) is 107 Å². The molecule has 10 heteroatoms. The Hall–Kier alpha value is -4.05. The Morgan fingerprint density at radius 2 is 1.66 bits per heavy atom. The SMILES string of the molecule is CCCCOc1ccc(/C=N/NC(=O)CN(c2ccc(OC)c(OC)c2)S(=O)(=O)c2ccc(C)cc2)cc1. The van der Waals surface area contributed by atoms with Crippen molar-refractivity contribution in [2.24, 2.45) is 5.10 Å². The third-order valence-corrected chi connectivity index (χ3v) is 7.39. The van der Waals surface area contributed by atoms with Crippen LogP contribution in [0, 0.1) is 6.92 Å². The lowest BCUT2D eigenvalue weighted by Gasteiger charge is -2.24. The Morgan fingerprint density at radius 3 is 2.29 bits per heavy atom. The van der Waals surface area contributed by atoms with Gasteiger partial charge in [0.15, 0.2) is 11.5 Å². The number of benzene rings is 3. The summed E-state index contributed by atoms with van der Waals surface area (Å²) in [5, 5.41) is 3.99. The normalized spacial score (nSPS) is 11.3. The Balaban J connectivity index is 1.79. The quantitative estimate of drug-likeness (QED) is 0.194. The highest BCUT2D eigenvalue weighted by Gasteiger charge is 2.28. The van der Waals surface area contributed by atoms with Crippen LogP contribution in [0.1, 0.15) is 30.9 Å². The fraction of sp³-hybridized carbons (Fsp3) is 0.286. The first-order valence-electron chi connectivity index (χ1n) is 12.1. The van der Waals surface area contributed by atoms with Crippen LogP contribution in [0.2, 0.25) is 0 Å². The van der Waals surface area contributed by atoms with Crippen molar-refractivity contribution in [2.45, 2.75) is 31.6 Å². The molecule has 0 spiro atoms. The van der Waals surface area contributed by atoms with E-state index < -0.39 is 22.5 Å². The number of methoxy groups -OCH3 is 2. The minimum absolute atomic E-state index is 0.0513. The van der Waals surface area contributed by atoms with Crippen LogP contribution >= 0.6 is 0 Å². The third kappa shape index (κ3) is 7.48. The van der Waals surface area contributed by atoms with Crippen LogP contribution in [0.25, 0.3) is 0 Å². The molecule has 0 fully saturated rings. The van der Waals surface area contributed by atoms with E-state index in [2.05, 4.69) is 17.5 Å². The zero-order valence-corrected chi connectivity index (χ0v) is 22.8. The van der Waals surface area contributed by atoms with Crippen molar-refractivity contribution >= 4 is 27.8 Å². The highest BCUT2D eigenvalue weighted by Crippen LogP contribution is 2.33. The predicted molar refractivity (Wildman–Crippen MR) is 148 cm³/mol. The zero-order chi connectivity index (χ0) is 27.5. The summed E-state index contributed by atoms with van der Waals surface area (Å²) in [5.74, 6) is 0.896. The molecule has 0 aliphatic carbocycles. The van der Waals surface area contributed by atoms with E-state index in [-0.39, 0.29) is 10.6 Å². The van der Waals surface area contributed by atoms with E-state index in [1.165, 1.54) is 38.6 Å². The van der Waals surface area contributed by atoms with Crippen molar-refractivity contribution in [3.63, 3.8) is 0 Å². The van der Waals surface area contributed by atoms with Crippen molar-refractivity contribution in [3.8, 4) is 17.2 Å². The van der Waals surface area contributed by atoms with E-state index in [0.717, 1.165) is 34.0 Å². The number of unbranched alkanes of at least 4 members (excludes halogenated alkanes) is 1. The predicted octanol–water partition coefficient (Wildman–Crippen LogP) is 4.54. The second-order valence-corrected chi connectivity index (χ2v) is 10.3. The molecule has 1 N–H and O–H groups in total. The molecule has 0 radical (unpaired) electrons. The summed E-state index contributed by atoms with van der Waals surface area (Å²) < 4.78 is 44.4. The van der Waals surface area contributed by atoms with E-state index in [4.69, 9.17) is 14.2 Å². The number of carbonyl (C=O) groups excluding carboxylic acids is 1. The van der Waals surface area contributed by atoms with Gasteiger partial charge in [0.25, 0.3) is 15.9 Å². The molecule has 38 heavy (non-hydrogen) atoms. The maximum atomic E-state index is 13.6. The summed E-state index contributed by atoms with van der Waals surface area (Å²) in [6, 6.07) is 18.3. The molecule has 0 unspecified atom stereocenters. The highest BCUT2D eigenvalue weighted by atomic mass is 32.2. The molecule has 0 saturated heterocycles. The second kappa shape index (κ2) is 13.5. The van der Waals surface area contributed by atoms with Gasteiger partial charge in [-0.1, -0.05) is 31.0 Å². The largest absolute Gasteiger partial charge is 0.494 e. The van der Waals surface area contributed by atoms with Gasteiger partial charge in [-0.05, 0) is 67.4 Å². The summed E-state index contributed by atoms with van der Waals surface area (Å²) >= 11 is 0. The summed E-state index contributed by atoms with van der Waals surface area (Å²) in [5.41, 5.74) is 4.30. The second-order valence-electron chi connectivity index (χ2n) is 8.43. The van der Waals surface area contributed by atoms with Gasteiger partial charge in [0.1, 0.15) is 12.3 Å². The van der Waals surface area contributed by atoms with Crippen molar-refractivity contribution in [1.29, 1.82) is 0 Å². The van der Waals surface area contributed by atoms with Gasteiger partial charge >= 0.3 is 0 Å². The van der Waals surface area contributed by atoms with Gasteiger partial charge in [0, 0.05) is 6.07 Å². The molecular weight excluding hydrogens is 506 g/mol. The number of anilines is 1. The molecule has 0 heterocycles. The average molecular weight is 540 g/mol. The molecule has 0 aliphatic heterocycles. The van der Waals surface area contributed by atoms with Gasteiger partial charge in [-0.3, -0.25) is 9.10 Å². The Morgan fingerprint density at radius 1 is 0.974 bits per heavy atom. The first-order valence-corrected chi connectivity index (χ1v) is 13.6. The lowest BCUT2D eigenvalue weighted by Crippen LogP contribution is -2.39. The van der Waals surface area contributed by atoms with Crippen LogP contribution in [0.4, 0.5) is 5.69 Å². The number of rotatable bonds is 13. The minimum Gasteiger partial charge on any atom is -0.494 e. The van der Waals surface area contributed by atoms with Crippen LogP contribution in [0.5, 0.6) is 17.2 Å². The lowest BCUT2D eigenvalue weighted by molar-refractivity contribution is -0.119. The van der Waals surface area contributed by atoms with Gasteiger partial charge < -0.3 is 14.2 Å². The van der Waals surface area contributed by atoms with E-state index in [0.29, 0.717) is 18.1 Å². The average Bonchev–Trinajstić information content (AvgIpc) is 2.92. The smallest absolute Gasteiger partial charge is 0.264 e. The van der Waals surface area contributed by atoms with Gasteiger partial charge in [-0.25, -0.2) is 13.8 Å². The molecule has 3 aromatic carbocycles. The molecule has 9 nitrogen and oxygen atoms in total. The number of carbonyl (C=O) groups is 1. The number of nitrogens with one attached hydrogen (secondary N) is 1. The van der Waals surface area contributed by atoms with E-state index >= 15 is 0 Å². The molecule has 0 aromatic heterocycles. The van der Waals surface area contributed by atoms with Crippen molar-refractivity contribution < 1.29 is 27.4 Å². The molecule has 3 aromatic rings. The van der Waals surface area contributed by atoms with Crippen molar-refractivity contribution in [2.75, 3.05) is 31.7 Å². The summed E-state index contributed by atoms with van der Waals surface area (Å²) in [6.07, 6.45) is 3.51. The summed E-state index contributed by atoms with van der Waals surface area (Å²) in [6.45, 7) is 4.11. The van der Waals surface area contributed by atoms with E-state index in [1.807, 2.05) is 31.2 Å². The number of nitrogens with zero attached hydrogens (tertiary/aromatic N) is 2. The van der Waals surface area contributed by atoms with Gasteiger partial charge in [0.05, 0.1) is 37.6 Å². The molecule has 0 saturated carbocycles. The molecule has 0 aliphatic rings. The molecule has 1 amide bonds. The minimum atomic E-state index is -4.09. The molecular formula is C28H33N3O6S. The standard InChI is InChI=1S/C28H33N3O6S/c1-5-6-17-37-24-12-9-22(10-13-24)19-29-30-28(32)20-31(23-11-16-26(35-3)27(18-23)36-4)38(33,34)25-14-7-21(2)8-15-25/h7-16,18-19H,5-6,17,20H2,1-4H3,(H,30,32)/b29-19+. The number of ether oxygens (including phenoxy) is 3. The first-order chi connectivity index (χ1) is 18.3. The highest BCUT2D eigenvalue weighted by molar-refractivity contribution is 7.92. The van der Waals surface area contributed by atoms with Gasteiger partial charge in [-0.15, -0.1) is 0 Å². The van der Waals surface area contributed by atoms with Crippen molar-refractivity contribution in [1.82, 2.24) is 5.43 Å². The molecule has 3 rings (SSSR count). The maximum Gasteiger partial charge on any atom is 0.264 e. The van der Waals surface area contributed by atoms with Crippen LogP contribution in [-0.4, -0.2) is 47.9 Å². The fourth-order valence-corrected chi connectivity index (χ4v) is 4.87. The summed E-state index contributed by atoms with van der Waals surface area (Å²) in [7, 11) is -1.16. The van der Waals surface area contributed by atoms with Gasteiger partial charge in [0.2, 0.25) is 0 Å². The number of hydrogen-bond acceptors (Lipinski definition) is 7. The van der Waals surface area contributed by atoms with Gasteiger partial charge in [-0.2, -0.15) is 5.10 Å². The number of aryl methyl sites for hydroxylation is 1. The van der Waals surface area contributed by atoms with Crippen LogP contribution in [0.3, 0.4) is 0 Å². The number of amides is 1. The van der Waals surface area contributed by atoms with Crippen LogP contribution < -0.4 is 23.9 Å². The fourth-order valence-electron chi connectivity index (χ4n) is 3.46. The first kappa shape index (κ1) is 28.5. The number of sulfonamides is 1. The number of hydrogen-bond donors (Lipinski definition) is 1.